The molecule has 2 aromatic rings. The Morgan fingerprint density at radius 3 is 1.94 bits per heavy atom. The highest BCUT2D eigenvalue weighted by Gasteiger charge is 2.44. The number of nitriles is 1. The monoisotopic (exact) mass is 444 g/mol. The van der Waals surface area contributed by atoms with Gasteiger partial charge in [0.25, 0.3) is 0 Å². The van der Waals surface area contributed by atoms with E-state index in [2.05, 4.69) is 43.9 Å². The van der Waals surface area contributed by atoms with Crippen LogP contribution >= 0.6 is 0 Å². The molecule has 0 spiro atoms. The molecule has 174 valence electrons. The van der Waals surface area contributed by atoms with Crippen molar-refractivity contribution >= 4 is 0 Å². The lowest BCUT2D eigenvalue weighted by molar-refractivity contribution is -0.138. The molecule has 0 aromatic heterocycles. The number of hydrogen-bond donors (Lipinski definition) is 0. The maximum Gasteiger partial charge on any atom is 0.416 e. The highest BCUT2D eigenvalue weighted by molar-refractivity contribution is 5.41. The molecular formula is C27H35F3N2. The molecule has 0 saturated carbocycles. The van der Waals surface area contributed by atoms with Crippen molar-refractivity contribution in [1.29, 1.82) is 5.26 Å². The largest absolute Gasteiger partial charge is 0.416 e. The van der Waals surface area contributed by atoms with E-state index in [0.29, 0.717) is 12.8 Å². The Hall–Kier alpha value is -2.32. The van der Waals surface area contributed by atoms with Gasteiger partial charge in [-0.1, -0.05) is 69.3 Å². The Balaban J connectivity index is 2.38. The summed E-state index contributed by atoms with van der Waals surface area (Å²) in [5.74, 6) is -0.255. The second kappa shape index (κ2) is 11.0. The first-order chi connectivity index (χ1) is 15.1. The Kier molecular flexibility index (Phi) is 8.92. The van der Waals surface area contributed by atoms with E-state index in [4.69, 9.17) is 0 Å². The molecule has 0 fully saturated rings. The van der Waals surface area contributed by atoms with Crippen LogP contribution in [0.2, 0.25) is 0 Å². The van der Waals surface area contributed by atoms with Crippen LogP contribution in [0.3, 0.4) is 0 Å². The predicted octanol–water partition coefficient (Wildman–Crippen LogP) is 7.59. The molecule has 0 radical (unpaired) electrons. The number of hydrogen-bond acceptors (Lipinski definition) is 2. The van der Waals surface area contributed by atoms with E-state index in [9.17, 15) is 18.4 Å². The molecule has 0 amide bonds. The van der Waals surface area contributed by atoms with Crippen molar-refractivity contribution in [2.45, 2.75) is 84.1 Å². The fourth-order valence-corrected chi connectivity index (χ4v) is 4.63. The first-order valence-electron chi connectivity index (χ1n) is 11.4. The van der Waals surface area contributed by atoms with E-state index in [1.54, 1.807) is 6.07 Å². The van der Waals surface area contributed by atoms with Gasteiger partial charge < -0.3 is 0 Å². The summed E-state index contributed by atoms with van der Waals surface area (Å²) < 4.78 is 41.4. The summed E-state index contributed by atoms with van der Waals surface area (Å²) in [5.41, 5.74) is -0.598. The molecule has 2 atom stereocenters. The molecule has 0 bridgehead atoms. The number of alkyl halides is 3. The molecule has 0 heterocycles. The van der Waals surface area contributed by atoms with Crippen LogP contribution in [0.4, 0.5) is 13.2 Å². The molecule has 32 heavy (non-hydrogen) atoms. The zero-order valence-corrected chi connectivity index (χ0v) is 19.8. The van der Waals surface area contributed by atoms with Gasteiger partial charge in [-0.15, -0.1) is 0 Å². The molecule has 0 aliphatic rings. The normalized spacial score (nSPS) is 15.1. The van der Waals surface area contributed by atoms with Gasteiger partial charge in [0.1, 0.15) is 0 Å². The Labute approximate surface area is 191 Å². The molecule has 5 heteroatoms. The Bertz CT molecular complexity index is 884. The van der Waals surface area contributed by atoms with E-state index < -0.39 is 17.2 Å². The van der Waals surface area contributed by atoms with Gasteiger partial charge in [-0.3, -0.25) is 4.90 Å². The molecule has 0 N–H and O–H groups in total. The van der Waals surface area contributed by atoms with Crippen LogP contribution in [0.25, 0.3) is 0 Å². The first kappa shape index (κ1) is 25.9. The lowest BCUT2D eigenvalue weighted by atomic mass is 9.67. The maximum absolute atomic E-state index is 13.8. The van der Waals surface area contributed by atoms with Crippen molar-refractivity contribution in [2.24, 2.45) is 5.92 Å². The highest BCUT2D eigenvalue weighted by Crippen LogP contribution is 2.44. The SMILES string of the molecule is CCC(CCC(C#N)(c1ccccc1C(F)(F)F)C(C)C)N(Cc1ccccc1)C(C)C. The maximum atomic E-state index is 13.8. The molecule has 0 aliphatic heterocycles. The first-order valence-corrected chi connectivity index (χ1v) is 11.4. The summed E-state index contributed by atoms with van der Waals surface area (Å²) in [7, 11) is 0. The average Bonchev–Trinajstić information content (AvgIpc) is 2.76. The smallest absolute Gasteiger partial charge is 0.294 e. The van der Waals surface area contributed by atoms with E-state index in [1.165, 1.54) is 17.7 Å². The number of halogens is 3. The van der Waals surface area contributed by atoms with Crippen molar-refractivity contribution < 1.29 is 13.2 Å². The number of rotatable bonds is 10. The summed E-state index contributed by atoms with van der Waals surface area (Å²) in [4.78, 5) is 2.40. The quantitative estimate of drug-likeness (QED) is 0.377. The van der Waals surface area contributed by atoms with Gasteiger partial charge in [0, 0.05) is 18.6 Å². The molecule has 2 nitrogen and oxygen atoms in total. The van der Waals surface area contributed by atoms with Crippen molar-refractivity contribution in [3.63, 3.8) is 0 Å². The van der Waals surface area contributed by atoms with Crippen LogP contribution in [0, 0.1) is 17.2 Å². The minimum Gasteiger partial charge on any atom is -0.294 e. The van der Waals surface area contributed by atoms with Gasteiger partial charge in [0.05, 0.1) is 17.0 Å². The Morgan fingerprint density at radius 1 is 0.906 bits per heavy atom. The van der Waals surface area contributed by atoms with Crippen LogP contribution in [0.5, 0.6) is 0 Å². The van der Waals surface area contributed by atoms with Crippen LogP contribution in [0.15, 0.2) is 54.6 Å². The zero-order chi connectivity index (χ0) is 23.9. The lowest BCUT2D eigenvalue weighted by Gasteiger charge is -2.39. The van der Waals surface area contributed by atoms with Gasteiger partial charge >= 0.3 is 6.18 Å². The van der Waals surface area contributed by atoms with E-state index >= 15 is 0 Å². The summed E-state index contributed by atoms with van der Waals surface area (Å²) in [6.45, 7) is 10.9. The van der Waals surface area contributed by atoms with Crippen molar-refractivity contribution in [1.82, 2.24) is 4.90 Å². The predicted molar refractivity (Wildman–Crippen MR) is 124 cm³/mol. The lowest BCUT2D eigenvalue weighted by Crippen LogP contribution is -2.42. The van der Waals surface area contributed by atoms with Gasteiger partial charge in [-0.05, 0) is 56.2 Å². The molecule has 0 saturated heterocycles. The molecule has 2 rings (SSSR count). The Morgan fingerprint density at radius 2 is 1.47 bits per heavy atom. The van der Waals surface area contributed by atoms with Crippen molar-refractivity contribution in [3.8, 4) is 6.07 Å². The average molecular weight is 445 g/mol. The van der Waals surface area contributed by atoms with Gasteiger partial charge in [0.2, 0.25) is 0 Å². The topological polar surface area (TPSA) is 27.0 Å². The van der Waals surface area contributed by atoms with Crippen molar-refractivity contribution in [2.75, 3.05) is 0 Å². The fourth-order valence-electron chi connectivity index (χ4n) is 4.63. The summed E-state index contributed by atoms with van der Waals surface area (Å²) in [6.07, 6.45) is -2.59. The number of nitrogens with zero attached hydrogens (tertiary/aromatic N) is 2. The van der Waals surface area contributed by atoms with Crippen LogP contribution in [-0.4, -0.2) is 17.0 Å². The minimum absolute atomic E-state index is 0.0963. The third kappa shape index (κ3) is 5.92. The molecule has 0 aliphatic carbocycles. The second-order valence-corrected chi connectivity index (χ2v) is 9.13. The summed E-state index contributed by atoms with van der Waals surface area (Å²) in [5, 5.41) is 10.2. The third-order valence-electron chi connectivity index (χ3n) is 6.58. The van der Waals surface area contributed by atoms with Crippen LogP contribution in [-0.2, 0) is 18.1 Å². The summed E-state index contributed by atoms with van der Waals surface area (Å²) >= 11 is 0. The molecule has 2 aromatic carbocycles. The third-order valence-corrected chi connectivity index (χ3v) is 6.58. The zero-order valence-electron chi connectivity index (χ0n) is 19.8. The van der Waals surface area contributed by atoms with E-state index in [-0.39, 0.29) is 23.6 Å². The van der Waals surface area contributed by atoms with Crippen LogP contribution in [0.1, 0.15) is 70.6 Å². The molecular weight excluding hydrogens is 409 g/mol. The highest BCUT2D eigenvalue weighted by atomic mass is 19.4. The number of benzene rings is 2. The fraction of sp³-hybridized carbons (Fsp3) is 0.519. The van der Waals surface area contributed by atoms with Crippen molar-refractivity contribution in [3.05, 3.63) is 71.3 Å². The molecule has 2 unspecified atom stereocenters. The second-order valence-electron chi connectivity index (χ2n) is 9.13. The van der Waals surface area contributed by atoms with E-state index in [1.807, 2.05) is 32.0 Å². The van der Waals surface area contributed by atoms with Gasteiger partial charge in [-0.25, -0.2) is 0 Å². The van der Waals surface area contributed by atoms with Crippen LogP contribution < -0.4 is 0 Å². The summed E-state index contributed by atoms with van der Waals surface area (Å²) in [6, 6.07) is 18.5. The van der Waals surface area contributed by atoms with Gasteiger partial charge in [0.15, 0.2) is 0 Å². The van der Waals surface area contributed by atoms with Gasteiger partial charge in [-0.2, -0.15) is 18.4 Å². The standard InChI is InChI=1S/C27H35F3N2/c1-6-23(32(21(4)5)18-22-12-8-7-9-13-22)16-17-26(19-31,20(2)3)24-14-10-11-15-25(24)27(28,29)30/h7-15,20-21,23H,6,16-18H2,1-5H3. The van der Waals surface area contributed by atoms with E-state index in [0.717, 1.165) is 19.0 Å². The minimum atomic E-state index is -4.49.